The highest BCUT2D eigenvalue weighted by molar-refractivity contribution is 6.06. The van der Waals surface area contributed by atoms with Crippen LogP contribution in [0.25, 0.3) is 32.9 Å². The van der Waals surface area contributed by atoms with Crippen LogP contribution in [0.1, 0.15) is 110 Å². The Morgan fingerprint density at radius 1 is 0.903 bits per heavy atom. The first kappa shape index (κ1) is 45.6. The van der Waals surface area contributed by atoms with Crippen molar-refractivity contribution < 1.29 is 33.0 Å². The monoisotopic (exact) mass is 975 g/mol. The number of rotatable bonds is 10. The van der Waals surface area contributed by atoms with Crippen molar-refractivity contribution in [2.45, 2.75) is 114 Å². The van der Waals surface area contributed by atoms with E-state index in [-0.39, 0.29) is 69.0 Å². The van der Waals surface area contributed by atoms with Gasteiger partial charge in [0, 0.05) is 78.9 Å². The summed E-state index contributed by atoms with van der Waals surface area (Å²) in [6, 6.07) is 12.3. The summed E-state index contributed by atoms with van der Waals surface area (Å²) in [5.74, 6) is 1.14. The number of nitrogens with zero attached hydrogens (tertiary/aromatic N) is 7. The molecular weight excluding hydrogens is 917 g/mol. The number of hydrogen-bond donors (Lipinski definition) is 3. The molecule has 1 spiro atoms. The predicted octanol–water partition coefficient (Wildman–Crippen LogP) is 6.79. The van der Waals surface area contributed by atoms with Gasteiger partial charge in [-0.2, -0.15) is 9.97 Å². The standard InChI is InChI=1S/C56H59F2N9O5/c1-2-38-44(57)9-6-33-22-37(68)23-41(47(33)38)49-48(58)50-42(26-59-49)51(66-27-34-7-8-35(28-66)60-34)63-54(62-50)72-31-56(14-15-56)30-64-20-16-55(17-21-64)24-36(25-55)65-18-12-32(13-19-65)39-4-3-5-40-43(39)29-67(53(40)71)45-10-11-46(69)61-52(45)70/h1,3-6,9,22-23,26,32,34-36,45,60,68H,7-8,10-21,24-25,27-31H2,(H,61,69,70). The molecule has 372 valence electrons. The molecule has 13 rings (SSSR count). The number of ether oxygens (including phenoxy) is 1. The van der Waals surface area contributed by atoms with Crippen molar-refractivity contribution in [3.8, 4) is 35.4 Å². The molecule has 2 aliphatic carbocycles. The Balaban J connectivity index is 0.652. The van der Waals surface area contributed by atoms with Crippen molar-refractivity contribution in [2.24, 2.45) is 10.8 Å². The minimum atomic E-state index is -0.722. The van der Waals surface area contributed by atoms with Crippen molar-refractivity contribution in [2.75, 3.05) is 57.3 Å². The minimum Gasteiger partial charge on any atom is -0.508 e. The maximum atomic E-state index is 17.2. The highest BCUT2D eigenvalue weighted by Crippen LogP contribution is 2.54. The van der Waals surface area contributed by atoms with Crippen LogP contribution < -0.4 is 20.3 Å². The largest absolute Gasteiger partial charge is 0.508 e. The number of fused-ring (bicyclic) bond motifs is 5. The molecule has 3 N–H and O–H groups in total. The average Bonchev–Trinajstić information content (AvgIpc) is 3.94. The highest BCUT2D eigenvalue weighted by Gasteiger charge is 2.51. The van der Waals surface area contributed by atoms with Crippen LogP contribution in [0.5, 0.6) is 11.8 Å². The Morgan fingerprint density at radius 2 is 1.68 bits per heavy atom. The van der Waals surface area contributed by atoms with Crippen LogP contribution in [0, 0.1) is 34.8 Å². The first-order valence-corrected chi connectivity index (χ1v) is 26.1. The van der Waals surface area contributed by atoms with Gasteiger partial charge < -0.3 is 34.8 Å². The zero-order valence-electron chi connectivity index (χ0n) is 40.4. The number of nitrogens with one attached hydrogen (secondary N) is 2. The summed E-state index contributed by atoms with van der Waals surface area (Å²) in [4.78, 5) is 61.4. The molecule has 5 saturated heterocycles. The lowest BCUT2D eigenvalue weighted by atomic mass is 9.59. The van der Waals surface area contributed by atoms with E-state index in [1.54, 1.807) is 11.1 Å². The van der Waals surface area contributed by atoms with E-state index in [0.29, 0.717) is 84.3 Å². The summed E-state index contributed by atoms with van der Waals surface area (Å²) in [6.45, 7) is 7.40. The Labute approximate surface area is 416 Å². The number of phenolic OH excluding ortho intramolecular Hbond substituents is 1. The summed E-state index contributed by atoms with van der Waals surface area (Å²) >= 11 is 0. The van der Waals surface area contributed by atoms with Crippen molar-refractivity contribution >= 4 is 45.2 Å². The van der Waals surface area contributed by atoms with Crippen molar-refractivity contribution in [3.63, 3.8) is 0 Å². The van der Waals surface area contributed by atoms with Crippen molar-refractivity contribution in [3.05, 3.63) is 82.5 Å². The number of phenols is 1. The predicted molar refractivity (Wildman–Crippen MR) is 266 cm³/mol. The molecule has 2 aromatic heterocycles. The molecule has 2 saturated carbocycles. The number of hydrogen-bond acceptors (Lipinski definition) is 12. The molecule has 3 atom stereocenters. The number of anilines is 1. The van der Waals surface area contributed by atoms with Gasteiger partial charge in [0.2, 0.25) is 11.8 Å². The SMILES string of the molecule is C#Cc1c(F)ccc2cc(O)cc(-c3ncc4c(N5CC6CCC(C5)N6)nc(OCC5(CN6CCC7(CC6)CC(N6CCC(c8cccc9c8CN(C8CCC(=O)NC8=O)C9=O)CC6)C7)CC5)nc4c3F)c12. The van der Waals surface area contributed by atoms with Gasteiger partial charge in [-0.05, 0) is 149 Å². The van der Waals surface area contributed by atoms with Crippen LogP contribution in [0.4, 0.5) is 14.6 Å². The number of likely N-dealkylation sites (tertiary alicyclic amines) is 2. The van der Waals surface area contributed by atoms with Gasteiger partial charge in [-0.1, -0.05) is 24.1 Å². The van der Waals surface area contributed by atoms with Crippen LogP contribution in [0.15, 0.2) is 48.7 Å². The molecule has 72 heavy (non-hydrogen) atoms. The van der Waals surface area contributed by atoms with E-state index in [1.165, 1.54) is 55.5 Å². The number of aromatic hydroxyl groups is 1. The van der Waals surface area contributed by atoms with E-state index in [1.807, 2.05) is 12.1 Å². The molecule has 8 heterocycles. The summed E-state index contributed by atoms with van der Waals surface area (Å²) < 4.78 is 38.8. The zero-order valence-corrected chi connectivity index (χ0v) is 40.4. The van der Waals surface area contributed by atoms with Gasteiger partial charge in [-0.3, -0.25) is 24.7 Å². The molecule has 6 aliphatic heterocycles. The van der Waals surface area contributed by atoms with Gasteiger partial charge in [-0.15, -0.1) is 6.42 Å². The minimum absolute atomic E-state index is 0.0306. The molecule has 5 aromatic rings. The number of halogens is 2. The van der Waals surface area contributed by atoms with E-state index in [0.717, 1.165) is 76.8 Å². The van der Waals surface area contributed by atoms with Gasteiger partial charge in [0.25, 0.3) is 5.91 Å². The number of benzene rings is 3. The number of carbonyl (C=O) groups excluding carboxylic acids is 3. The van der Waals surface area contributed by atoms with Crippen molar-refractivity contribution in [1.29, 1.82) is 0 Å². The summed E-state index contributed by atoms with van der Waals surface area (Å²) in [6.07, 6.45) is 19.1. The van der Waals surface area contributed by atoms with Gasteiger partial charge in [0.1, 0.15) is 34.6 Å². The first-order chi connectivity index (χ1) is 34.9. The van der Waals surface area contributed by atoms with Crippen LogP contribution in [-0.2, 0) is 16.1 Å². The third-order valence-electron chi connectivity index (χ3n) is 18.0. The lowest BCUT2D eigenvalue weighted by Gasteiger charge is -2.56. The topological polar surface area (TPSA) is 156 Å². The zero-order chi connectivity index (χ0) is 49.0. The fraction of sp³-hybridized carbons (Fsp3) is 0.500. The van der Waals surface area contributed by atoms with Crippen LogP contribution in [-0.4, -0.2) is 129 Å². The maximum absolute atomic E-state index is 17.2. The number of imide groups is 1. The third kappa shape index (κ3) is 7.94. The molecular formula is C56H59F2N9O5. The fourth-order valence-electron chi connectivity index (χ4n) is 13.8. The Bertz CT molecular complexity index is 3100. The summed E-state index contributed by atoms with van der Waals surface area (Å²) in [7, 11) is 0. The van der Waals surface area contributed by atoms with Gasteiger partial charge >= 0.3 is 6.01 Å². The second kappa shape index (κ2) is 17.4. The van der Waals surface area contributed by atoms with Crippen LogP contribution in [0.3, 0.4) is 0 Å². The smallest absolute Gasteiger partial charge is 0.319 e. The number of piperazine rings is 1. The van der Waals surface area contributed by atoms with Gasteiger partial charge in [0.15, 0.2) is 5.82 Å². The number of pyridine rings is 1. The van der Waals surface area contributed by atoms with E-state index in [4.69, 9.17) is 21.1 Å². The van der Waals surface area contributed by atoms with Gasteiger partial charge in [-0.25, -0.2) is 8.78 Å². The van der Waals surface area contributed by atoms with E-state index < -0.39 is 17.7 Å². The number of piperidine rings is 3. The average molecular weight is 976 g/mol. The molecule has 3 unspecified atom stereocenters. The van der Waals surface area contributed by atoms with Crippen LogP contribution in [0.2, 0.25) is 0 Å². The Morgan fingerprint density at radius 3 is 2.42 bits per heavy atom. The second-order valence-electron chi connectivity index (χ2n) is 22.4. The molecule has 14 nitrogen and oxygen atoms in total. The molecule has 0 radical (unpaired) electrons. The maximum Gasteiger partial charge on any atom is 0.319 e. The van der Waals surface area contributed by atoms with Gasteiger partial charge in [0.05, 0.1) is 17.6 Å². The third-order valence-corrected chi connectivity index (χ3v) is 18.0. The molecule has 3 amide bonds. The molecule has 3 aromatic carbocycles. The normalized spacial score (nSPS) is 25.2. The molecule has 2 bridgehead atoms. The molecule has 16 heteroatoms. The number of terminal acetylenes is 1. The number of carbonyl (C=O) groups is 3. The van der Waals surface area contributed by atoms with E-state index in [2.05, 4.69) is 42.3 Å². The highest BCUT2D eigenvalue weighted by atomic mass is 19.1. The van der Waals surface area contributed by atoms with E-state index >= 15 is 8.78 Å². The van der Waals surface area contributed by atoms with E-state index in [9.17, 15) is 19.5 Å². The van der Waals surface area contributed by atoms with Crippen LogP contribution >= 0.6 is 0 Å². The first-order valence-electron chi connectivity index (χ1n) is 26.1. The van der Waals surface area contributed by atoms with Crippen molar-refractivity contribution in [1.82, 2.24) is 40.3 Å². The molecule has 7 fully saturated rings. The summed E-state index contributed by atoms with van der Waals surface area (Å²) in [5.41, 5.74) is 3.44. The lowest BCUT2D eigenvalue weighted by molar-refractivity contribution is -0.136. The number of amides is 3. The molecule has 8 aliphatic rings. The fourth-order valence-corrected chi connectivity index (χ4v) is 13.8. The quantitative estimate of drug-likeness (QED) is 0.0997. The second-order valence-corrected chi connectivity index (χ2v) is 22.4. The Kier molecular flexibility index (Phi) is 11.0. The summed E-state index contributed by atoms with van der Waals surface area (Å²) in [5, 5.41) is 18.0. The number of aromatic nitrogens is 3. The Hall–Kier alpha value is -6.28. The lowest BCUT2D eigenvalue weighted by Crippen LogP contribution is -2.56.